The van der Waals surface area contributed by atoms with Gasteiger partial charge in [-0.25, -0.2) is 5.43 Å². The van der Waals surface area contributed by atoms with Crippen LogP contribution in [0.4, 0.5) is 5.69 Å². The van der Waals surface area contributed by atoms with Crippen molar-refractivity contribution in [2.75, 3.05) is 32.2 Å². The SMILES string of the molecule is COc1cc(N2CCCCC2)ccc1/C=N\NC(=O)c1cc2ccccc2cc1OC. The molecule has 6 heteroatoms. The van der Waals surface area contributed by atoms with Gasteiger partial charge in [0.25, 0.3) is 5.91 Å². The van der Waals surface area contributed by atoms with Crippen LogP contribution < -0.4 is 19.8 Å². The monoisotopic (exact) mass is 417 g/mol. The maximum Gasteiger partial charge on any atom is 0.275 e. The lowest BCUT2D eigenvalue weighted by atomic mass is 10.1. The van der Waals surface area contributed by atoms with Crippen molar-refractivity contribution in [2.24, 2.45) is 5.10 Å². The molecule has 0 aromatic heterocycles. The Bertz CT molecular complexity index is 1100. The van der Waals surface area contributed by atoms with Gasteiger partial charge >= 0.3 is 0 Å². The minimum absolute atomic E-state index is 0.331. The van der Waals surface area contributed by atoms with Gasteiger partial charge in [0.05, 0.1) is 26.0 Å². The maximum absolute atomic E-state index is 12.7. The predicted octanol–water partition coefficient (Wildman–Crippen LogP) is 4.61. The number of nitrogens with zero attached hydrogens (tertiary/aromatic N) is 2. The second kappa shape index (κ2) is 9.51. The zero-order valence-corrected chi connectivity index (χ0v) is 17.9. The molecule has 31 heavy (non-hydrogen) atoms. The number of ether oxygens (including phenoxy) is 2. The number of amides is 1. The number of hydrogen-bond donors (Lipinski definition) is 1. The molecule has 3 aromatic carbocycles. The van der Waals surface area contributed by atoms with Gasteiger partial charge in [0, 0.05) is 30.4 Å². The quantitative estimate of drug-likeness (QED) is 0.470. The lowest BCUT2D eigenvalue weighted by Crippen LogP contribution is -2.29. The standard InChI is InChI=1S/C25H27N3O3/c1-30-23-16-21(28-12-6-3-7-13-28)11-10-20(23)17-26-27-25(29)22-14-18-8-4-5-9-19(18)15-24(22)31-2/h4-5,8-11,14-17H,3,6-7,12-13H2,1-2H3,(H,27,29)/b26-17-. The summed E-state index contributed by atoms with van der Waals surface area (Å²) in [6, 6.07) is 17.6. The molecular weight excluding hydrogens is 390 g/mol. The first kappa shape index (κ1) is 20.7. The second-order valence-electron chi connectivity index (χ2n) is 7.57. The van der Waals surface area contributed by atoms with E-state index in [1.165, 1.54) is 19.3 Å². The number of methoxy groups -OCH3 is 2. The molecule has 1 fully saturated rings. The summed E-state index contributed by atoms with van der Waals surface area (Å²) in [5, 5.41) is 6.13. The van der Waals surface area contributed by atoms with Crippen molar-refractivity contribution in [1.82, 2.24) is 5.43 Å². The normalized spacial score (nSPS) is 14.1. The third-order valence-electron chi connectivity index (χ3n) is 5.62. The maximum atomic E-state index is 12.7. The Hall–Kier alpha value is -3.54. The van der Waals surface area contributed by atoms with Crippen molar-refractivity contribution in [3.63, 3.8) is 0 Å². The fourth-order valence-electron chi connectivity index (χ4n) is 3.94. The molecule has 0 bridgehead atoms. The molecule has 3 aromatic rings. The van der Waals surface area contributed by atoms with E-state index in [4.69, 9.17) is 9.47 Å². The Morgan fingerprint density at radius 1 is 0.935 bits per heavy atom. The number of hydrazone groups is 1. The van der Waals surface area contributed by atoms with Crippen molar-refractivity contribution in [2.45, 2.75) is 19.3 Å². The number of fused-ring (bicyclic) bond motifs is 1. The fraction of sp³-hybridized carbons (Fsp3) is 0.280. The Kier molecular flexibility index (Phi) is 6.36. The molecule has 0 unspecified atom stereocenters. The van der Waals surface area contributed by atoms with E-state index >= 15 is 0 Å². The predicted molar refractivity (Wildman–Crippen MR) is 125 cm³/mol. The molecule has 1 aliphatic rings. The van der Waals surface area contributed by atoms with Crippen LogP contribution in [0.15, 0.2) is 59.7 Å². The van der Waals surface area contributed by atoms with Gasteiger partial charge in [-0.2, -0.15) is 5.10 Å². The molecule has 160 valence electrons. The van der Waals surface area contributed by atoms with E-state index in [2.05, 4.69) is 21.5 Å². The van der Waals surface area contributed by atoms with Crippen LogP contribution in [0.3, 0.4) is 0 Å². The van der Waals surface area contributed by atoms with Gasteiger partial charge in [0.2, 0.25) is 0 Å². The summed E-state index contributed by atoms with van der Waals surface area (Å²) < 4.78 is 11.0. The van der Waals surface area contributed by atoms with Crippen LogP contribution >= 0.6 is 0 Å². The van der Waals surface area contributed by atoms with Gasteiger partial charge in [-0.15, -0.1) is 0 Å². The minimum atomic E-state index is -0.331. The highest BCUT2D eigenvalue weighted by molar-refractivity contribution is 6.02. The Morgan fingerprint density at radius 3 is 2.35 bits per heavy atom. The largest absolute Gasteiger partial charge is 0.496 e. The third-order valence-corrected chi connectivity index (χ3v) is 5.62. The van der Waals surface area contributed by atoms with E-state index in [0.717, 1.165) is 40.9 Å². The molecule has 1 aliphatic heterocycles. The van der Waals surface area contributed by atoms with E-state index in [1.54, 1.807) is 20.4 Å². The summed E-state index contributed by atoms with van der Waals surface area (Å²) in [6.07, 6.45) is 5.33. The summed E-state index contributed by atoms with van der Waals surface area (Å²) in [5.74, 6) is 0.905. The summed E-state index contributed by atoms with van der Waals surface area (Å²) in [6.45, 7) is 2.14. The van der Waals surface area contributed by atoms with Crippen molar-refractivity contribution < 1.29 is 14.3 Å². The van der Waals surface area contributed by atoms with Crippen LogP contribution in [0.25, 0.3) is 10.8 Å². The first-order chi connectivity index (χ1) is 15.2. The van der Waals surface area contributed by atoms with Crippen molar-refractivity contribution in [3.05, 3.63) is 65.7 Å². The number of benzene rings is 3. The molecule has 0 atom stereocenters. The molecule has 0 saturated carbocycles. The summed E-state index contributed by atoms with van der Waals surface area (Å²) in [4.78, 5) is 15.1. The van der Waals surface area contributed by atoms with E-state index < -0.39 is 0 Å². The molecule has 0 aliphatic carbocycles. The van der Waals surface area contributed by atoms with Gasteiger partial charge < -0.3 is 14.4 Å². The first-order valence-electron chi connectivity index (χ1n) is 10.5. The summed E-state index contributed by atoms with van der Waals surface area (Å²) in [7, 11) is 3.20. The van der Waals surface area contributed by atoms with E-state index in [0.29, 0.717) is 11.3 Å². The molecule has 0 radical (unpaired) electrons. The average molecular weight is 418 g/mol. The van der Waals surface area contributed by atoms with E-state index in [1.807, 2.05) is 48.5 Å². The highest BCUT2D eigenvalue weighted by Crippen LogP contribution is 2.28. The third kappa shape index (κ3) is 4.63. The number of carbonyl (C=O) groups excluding carboxylic acids is 1. The lowest BCUT2D eigenvalue weighted by molar-refractivity contribution is 0.0952. The van der Waals surface area contributed by atoms with Crippen molar-refractivity contribution >= 4 is 28.6 Å². The second-order valence-corrected chi connectivity index (χ2v) is 7.57. The molecule has 0 spiro atoms. The highest BCUT2D eigenvalue weighted by atomic mass is 16.5. The average Bonchev–Trinajstić information content (AvgIpc) is 2.83. The van der Waals surface area contributed by atoms with Crippen molar-refractivity contribution in [3.8, 4) is 11.5 Å². The first-order valence-corrected chi connectivity index (χ1v) is 10.5. The molecule has 1 saturated heterocycles. The molecule has 1 N–H and O–H groups in total. The van der Waals surface area contributed by atoms with Gasteiger partial charge in [-0.1, -0.05) is 24.3 Å². The van der Waals surface area contributed by atoms with Gasteiger partial charge in [-0.3, -0.25) is 4.79 Å². The zero-order chi connectivity index (χ0) is 21.6. The van der Waals surface area contributed by atoms with E-state index in [9.17, 15) is 4.79 Å². The topological polar surface area (TPSA) is 63.2 Å². The number of nitrogens with one attached hydrogen (secondary N) is 1. The molecule has 1 amide bonds. The fourth-order valence-corrected chi connectivity index (χ4v) is 3.94. The van der Waals surface area contributed by atoms with Gasteiger partial charge in [0.15, 0.2) is 0 Å². The number of anilines is 1. The van der Waals surface area contributed by atoms with Gasteiger partial charge in [0.1, 0.15) is 11.5 Å². The molecule has 1 heterocycles. The molecule has 4 rings (SSSR count). The minimum Gasteiger partial charge on any atom is -0.496 e. The number of piperidine rings is 1. The number of carbonyl (C=O) groups is 1. The Balaban J connectivity index is 1.50. The Morgan fingerprint density at radius 2 is 1.65 bits per heavy atom. The number of hydrogen-bond acceptors (Lipinski definition) is 5. The van der Waals surface area contributed by atoms with Crippen LogP contribution in [-0.4, -0.2) is 39.4 Å². The molecule has 6 nitrogen and oxygen atoms in total. The van der Waals surface area contributed by atoms with E-state index in [-0.39, 0.29) is 5.91 Å². The van der Waals surface area contributed by atoms with Crippen LogP contribution in [0, 0.1) is 0 Å². The zero-order valence-electron chi connectivity index (χ0n) is 17.9. The molecular formula is C25H27N3O3. The highest BCUT2D eigenvalue weighted by Gasteiger charge is 2.14. The van der Waals surface area contributed by atoms with Crippen LogP contribution in [0.5, 0.6) is 11.5 Å². The lowest BCUT2D eigenvalue weighted by Gasteiger charge is -2.29. The Labute approximate surface area is 182 Å². The van der Waals surface area contributed by atoms with Crippen LogP contribution in [-0.2, 0) is 0 Å². The number of rotatable bonds is 6. The van der Waals surface area contributed by atoms with Crippen LogP contribution in [0.1, 0.15) is 35.2 Å². The van der Waals surface area contributed by atoms with Gasteiger partial charge in [-0.05, 0) is 54.3 Å². The summed E-state index contributed by atoms with van der Waals surface area (Å²) in [5.41, 5.74) is 4.99. The smallest absolute Gasteiger partial charge is 0.275 e. The van der Waals surface area contributed by atoms with Crippen molar-refractivity contribution in [1.29, 1.82) is 0 Å². The van der Waals surface area contributed by atoms with Crippen LogP contribution in [0.2, 0.25) is 0 Å². The summed E-state index contributed by atoms with van der Waals surface area (Å²) >= 11 is 0.